The van der Waals surface area contributed by atoms with Crippen LogP contribution in [0, 0.1) is 11.3 Å². The van der Waals surface area contributed by atoms with E-state index in [9.17, 15) is 14.4 Å². The number of hydrogen-bond donors (Lipinski definition) is 3. The summed E-state index contributed by atoms with van der Waals surface area (Å²) in [5.74, 6) is 1.15. The topological polar surface area (TPSA) is 111 Å². The lowest BCUT2D eigenvalue weighted by Gasteiger charge is -2.30. The van der Waals surface area contributed by atoms with Gasteiger partial charge >= 0.3 is 0 Å². The van der Waals surface area contributed by atoms with Crippen molar-refractivity contribution in [1.82, 2.24) is 25.2 Å². The first-order valence-corrected chi connectivity index (χ1v) is 14.1. The number of likely N-dealkylation sites (tertiary alicyclic amines) is 1. The van der Waals surface area contributed by atoms with E-state index in [4.69, 9.17) is 0 Å². The highest BCUT2D eigenvalue weighted by molar-refractivity contribution is 5.83. The molecule has 2 aromatic heterocycles. The molecule has 3 heterocycles. The number of carbonyl (C=O) groups is 2. The lowest BCUT2D eigenvalue weighted by Crippen LogP contribution is -2.36. The van der Waals surface area contributed by atoms with Gasteiger partial charge in [0.05, 0.1) is 23.5 Å². The molecule has 2 aliphatic rings. The number of amides is 1. The molecule has 3 aromatic rings. The molecular weight excluding hydrogens is 478 g/mol. The minimum Gasteiger partial charge on any atom is -0.346 e. The predicted molar refractivity (Wildman–Crippen MR) is 149 cm³/mol. The molecule has 1 unspecified atom stereocenters. The maximum Gasteiger partial charge on any atom is 0.257 e. The number of para-hydroxylation sites is 1. The lowest BCUT2D eigenvalue weighted by atomic mass is 9.91. The molecule has 1 aliphatic heterocycles. The van der Waals surface area contributed by atoms with E-state index in [2.05, 4.69) is 32.2 Å². The number of H-pyrrole nitrogens is 2. The molecule has 38 heavy (non-hydrogen) atoms. The van der Waals surface area contributed by atoms with Gasteiger partial charge in [0, 0.05) is 24.3 Å². The van der Waals surface area contributed by atoms with E-state index in [1.165, 1.54) is 0 Å². The highest BCUT2D eigenvalue weighted by Gasteiger charge is 2.58. The second-order valence-electron chi connectivity index (χ2n) is 11.3. The highest BCUT2D eigenvalue weighted by atomic mass is 16.2. The Morgan fingerprint density at radius 1 is 1.16 bits per heavy atom. The fourth-order valence-corrected chi connectivity index (χ4v) is 5.91. The Labute approximate surface area is 223 Å². The predicted octanol–water partition coefficient (Wildman–Crippen LogP) is 4.74. The van der Waals surface area contributed by atoms with Gasteiger partial charge in [0.2, 0.25) is 5.91 Å². The van der Waals surface area contributed by atoms with E-state index < -0.39 is 0 Å². The molecule has 5 rings (SSSR count). The largest absolute Gasteiger partial charge is 0.346 e. The molecule has 1 spiro atoms. The van der Waals surface area contributed by atoms with Crippen molar-refractivity contribution in [2.75, 3.05) is 20.1 Å². The molecule has 8 nitrogen and oxygen atoms in total. The van der Waals surface area contributed by atoms with Crippen LogP contribution in [-0.2, 0) is 9.59 Å². The minimum atomic E-state index is -0.262. The van der Waals surface area contributed by atoms with Gasteiger partial charge in [0.1, 0.15) is 11.6 Å². The van der Waals surface area contributed by atoms with Crippen LogP contribution in [0.1, 0.15) is 76.6 Å². The van der Waals surface area contributed by atoms with Gasteiger partial charge in [-0.1, -0.05) is 38.0 Å². The first-order chi connectivity index (χ1) is 18.4. The van der Waals surface area contributed by atoms with Crippen LogP contribution in [0.3, 0.4) is 0 Å². The number of carbonyl (C=O) groups excluding carboxylic acids is 2. The van der Waals surface area contributed by atoms with Crippen molar-refractivity contribution < 1.29 is 9.59 Å². The minimum absolute atomic E-state index is 0.0682. The SMILES string of the molecule is CCC(=O)CCCCCC(NC(=O)[C@@H]1CC12CCN(C)CC2)c1ncc(-c2cc3ccccc3[nH]c2=O)[nH]1. The van der Waals surface area contributed by atoms with E-state index >= 15 is 0 Å². The number of nitrogens with one attached hydrogen (secondary N) is 3. The normalized spacial score (nSPS) is 19.5. The Bertz CT molecular complexity index is 1350. The van der Waals surface area contributed by atoms with Crippen LogP contribution in [0.25, 0.3) is 22.2 Å². The smallest absolute Gasteiger partial charge is 0.257 e. The summed E-state index contributed by atoms with van der Waals surface area (Å²) in [6.45, 7) is 4.00. The molecular formula is C30H39N5O3. The molecule has 2 atom stereocenters. The molecule has 1 aromatic carbocycles. The Balaban J connectivity index is 1.31. The van der Waals surface area contributed by atoms with E-state index in [0.717, 1.165) is 68.9 Å². The van der Waals surface area contributed by atoms with Crippen LogP contribution in [0.2, 0.25) is 0 Å². The molecule has 1 amide bonds. The van der Waals surface area contributed by atoms with Gasteiger partial charge in [-0.15, -0.1) is 0 Å². The summed E-state index contributed by atoms with van der Waals surface area (Å²) >= 11 is 0. The molecule has 1 aliphatic carbocycles. The summed E-state index contributed by atoms with van der Waals surface area (Å²) in [6, 6.07) is 9.30. The quantitative estimate of drug-likeness (QED) is 0.318. The third-order valence-corrected chi connectivity index (χ3v) is 8.62. The number of benzene rings is 1. The van der Waals surface area contributed by atoms with Gasteiger partial charge in [-0.2, -0.15) is 0 Å². The summed E-state index contributed by atoms with van der Waals surface area (Å²) < 4.78 is 0. The molecule has 0 bridgehead atoms. The lowest BCUT2D eigenvalue weighted by molar-refractivity contribution is -0.124. The number of Topliss-reactive ketones (excluding diaryl/α,β-unsaturated/α-hetero) is 1. The molecule has 8 heteroatoms. The number of hydrogen-bond acceptors (Lipinski definition) is 5. The summed E-state index contributed by atoms with van der Waals surface area (Å²) in [7, 11) is 2.14. The number of ketones is 1. The number of aromatic nitrogens is 3. The summed E-state index contributed by atoms with van der Waals surface area (Å²) in [5, 5.41) is 4.24. The van der Waals surface area contributed by atoms with Gasteiger partial charge in [-0.25, -0.2) is 4.98 Å². The maximum atomic E-state index is 13.4. The van der Waals surface area contributed by atoms with Crippen molar-refractivity contribution >= 4 is 22.6 Å². The van der Waals surface area contributed by atoms with Crippen LogP contribution < -0.4 is 10.9 Å². The summed E-state index contributed by atoms with van der Waals surface area (Å²) in [5.41, 5.74) is 1.94. The molecule has 2 fully saturated rings. The van der Waals surface area contributed by atoms with Gasteiger partial charge in [0.15, 0.2) is 0 Å². The third-order valence-electron chi connectivity index (χ3n) is 8.62. The number of rotatable bonds is 11. The zero-order valence-corrected chi connectivity index (χ0v) is 22.5. The monoisotopic (exact) mass is 517 g/mol. The maximum absolute atomic E-state index is 13.4. The van der Waals surface area contributed by atoms with Crippen molar-refractivity contribution in [3.8, 4) is 11.3 Å². The number of piperidine rings is 1. The standard InChI is InChI=1S/C30H39N5O3/c1-3-21(36)10-5-4-6-12-25(34-29(38)23-18-30(23)13-15-35(2)16-14-30)27-31-19-26(32-27)22-17-20-9-7-8-11-24(20)33-28(22)37/h7-9,11,17,19,23,25H,3-6,10,12-16,18H2,1-2H3,(H,31,32)(H,33,37)(H,34,38)/t23-,25?/m0/s1. The summed E-state index contributed by atoms with van der Waals surface area (Å²) in [4.78, 5) is 51.1. The second-order valence-corrected chi connectivity index (χ2v) is 11.3. The Morgan fingerprint density at radius 3 is 2.74 bits per heavy atom. The van der Waals surface area contributed by atoms with Crippen molar-refractivity contribution in [1.29, 1.82) is 0 Å². The average Bonchev–Trinajstić information content (AvgIpc) is 3.40. The number of unbranched alkanes of at least 4 members (excludes halogenated alkanes) is 2. The molecule has 202 valence electrons. The zero-order valence-electron chi connectivity index (χ0n) is 22.5. The molecule has 3 N–H and O–H groups in total. The van der Waals surface area contributed by atoms with Crippen molar-refractivity contribution in [3.63, 3.8) is 0 Å². The first-order valence-electron chi connectivity index (χ1n) is 14.1. The van der Waals surface area contributed by atoms with Crippen LogP contribution in [0.5, 0.6) is 0 Å². The van der Waals surface area contributed by atoms with E-state index in [-0.39, 0.29) is 28.8 Å². The number of fused-ring (bicyclic) bond motifs is 1. The highest BCUT2D eigenvalue weighted by Crippen LogP contribution is 2.59. The van der Waals surface area contributed by atoms with Crippen molar-refractivity contribution in [2.24, 2.45) is 11.3 Å². The van der Waals surface area contributed by atoms with Crippen LogP contribution >= 0.6 is 0 Å². The van der Waals surface area contributed by atoms with Crippen molar-refractivity contribution in [3.05, 3.63) is 52.7 Å². The average molecular weight is 518 g/mol. The summed E-state index contributed by atoms with van der Waals surface area (Å²) in [6.07, 6.45) is 9.41. The van der Waals surface area contributed by atoms with Crippen LogP contribution in [-0.4, -0.2) is 51.7 Å². The Kier molecular flexibility index (Phi) is 7.79. The molecule has 0 radical (unpaired) electrons. The third kappa shape index (κ3) is 5.75. The number of pyridine rings is 1. The van der Waals surface area contributed by atoms with Gasteiger partial charge in [-0.3, -0.25) is 14.4 Å². The second kappa shape index (κ2) is 11.2. The number of nitrogens with zero attached hydrogens (tertiary/aromatic N) is 2. The number of aromatic amines is 2. The number of imidazole rings is 1. The van der Waals surface area contributed by atoms with Gasteiger partial charge in [0.25, 0.3) is 5.56 Å². The molecule has 1 saturated heterocycles. The van der Waals surface area contributed by atoms with Crippen LogP contribution in [0.4, 0.5) is 0 Å². The molecule has 1 saturated carbocycles. The van der Waals surface area contributed by atoms with E-state index in [1.54, 1.807) is 6.20 Å². The fraction of sp³-hybridized carbons (Fsp3) is 0.533. The zero-order chi connectivity index (χ0) is 26.7. The first kappa shape index (κ1) is 26.4. The van der Waals surface area contributed by atoms with Crippen LogP contribution in [0.15, 0.2) is 41.3 Å². The van der Waals surface area contributed by atoms with Gasteiger partial charge in [-0.05, 0) is 75.2 Å². The Hall–Kier alpha value is -3.26. The van der Waals surface area contributed by atoms with Crippen molar-refractivity contribution in [2.45, 2.75) is 70.8 Å². The Morgan fingerprint density at radius 2 is 1.95 bits per heavy atom. The van der Waals surface area contributed by atoms with Gasteiger partial charge < -0.3 is 20.2 Å². The van der Waals surface area contributed by atoms with E-state index in [1.807, 2.05) is 37.3 Å². The fourth-order valence-electron chi connectivity index (χ4n) is 5.91. The van der Waals surface area contributed by atoms with E-state index in [0.29, 0.717) is 35.7 Å².